The Hall–Kier alpha value is -1.45. The molecule has 2 aromatic rings. The van der Waals surface area contributed by atoms with Crippen LogP contribution in [0.1, 0.15) is 24.7 Å². The Morgan fingerprint density at radius 2 is 2.16 bits per heavy atom. The number of furan rings is 1. The number of ether oxygens (including phenoxy) is 1. The van der Waals surface area contributed by atoms with E-state index in [-0.39, 0.29) is 0 Å². The number of hydrogen-bond donors (Lipinski definition) is 1. The molecule has 0 saturated heterocycles. The Morgan fingerprint density at radius 3 is 2.89 bits per heavy atom. The van der Waals surface area contributed by atoms with Crippen LogP contribution in [0.25, 0.3) is 0 Å². The van der Waals surface area contributed by atoms with Crippen molar-refractivity contribution in [3.05, 3.63) is 52.9 Å². The number of rotatable bonds is 7. The third-order valence-corrected chi connectivity index (χ3v) is 2.91. The van der Waals surface area contributed by atoms with Gasteiger partial charge in [-0.15, -0.1) is 0 Å². The molecule has 0 aliphatic heterocycles. The van der Waals surface area contributed by atoms with E-state index < -0.39 is 0 Å². The zero-order chi connectivity index (χ0) is 13.5. The van der Waals surface area contributed by atoms with E-state index in [1.165, 1.54) is 0 Å². The minimum atomic E-state index is 0.687. The van der Waals surface area contributed by atoms with Crippen molar-refractivity contribution in [2.45, 2.75) is 26.4 Å². The van der Waals surface area contributed by atoms with Gasteiger partial charge in [-0.1, -0.05) is 18.5 Å². The highest BCUT2D eigenvalue weighted by molar-refractivity contribution is 6.30. The Kier molecular flexibility index (Phi) is 5.31. The summed E-state index contributed by atoms with van der Waals surface area (Å²) in [6.45, 7) is 4.19. The first kappa shape index (κ1) is 14.0. The zero-order valence-electron chi connectivity index (χ0n) is 11.0. The van der Waals surface area contributed by atoms with E-state index >= 15 is 0 Å². The molecule has 1 N–H and O–H groups in total. The summed E-state index contributed by atoms with van der Waals surface area (Å²) in [5, 5.41) is 4.04. The lowest BCUT2D eigenvalue weighted by atomic mass is 10.2. The van der Waals surface area contributed by atoms with Gasteiger partial charge < -0.3 is 14.5 Å². The van der Waals surface area contributed by atoms with Crippen LogP contribution < -0.4 is 10.1 Å². The Bertz CT molecular complexity index is 497. The lowest BCUT2D eigenvalue weighted by Crippen LogP contribution is -2.13. The topological polar surface area (TPSA) is 34.4 Å². The highest BCUT2D eigenvalue weighted by Gasteiger charge is 2.05. The summed E-state index contributed by atoms with van der Waals surface area (Å²) in [5.41, 5.74) is 1.06. The molecule has 0 saturated carbocycles. The third kappa shape index (κ3) is 4.30. The SMILES string of the molecule is CCCOc1ccc(Cl)cc1CNCc1ccco1. The van der Waals surface area contributed by atoms with Crippen molar-refractivity contribution in [2.75, 3.05) is 6.61 Å². The lowest BCUT2D eigenvalue weighted by Gasteiger charge is -2.11. The largest absolute Gasteiger partial charge is 0.493 e. The summed E-state index contributed by atoms with van der Waals surface area (Å²) in [6.07, 6.45) is 2.66. The molecule has 1 aromatic carbocycles. The van der Waals surface area contributed by atoms with Crippen LogP contribution in [0.3, 0.4) is 0 Å². The second-order valence-corrected chi connectivity index (χ2v) is 4.72. The predicted octanol–water partition coefficient (Wildman–Crippen LogP) is 4.01. The highest BCUT2D eigenvalue weighted by atomic mass is 35.5. The first-order valence-electron chi connectivity index (χ1n) is 6.44. The van der Waals surface area contributed by atoms with Crippen LogP contribution in [0.5, 0.6) is 5.75 Å². The summed E-state index contributed by atoms with van der Waals surface area (Å²) < 4.78 is 11.0. The molecule has 2 rings (SSSR count). The van der Waals surface area contributed by atoms with E-state index in [4.69, 9.17) is 20.8 Å². The standard InChI is InChI=1S/C15H18ClNO2/c1-2-7-19-15-6-5-13(16)9-12(15)10-17-11-14-4-3-8-18-14/h3-6,8-9,17H,2,7,10-11H2,1H3. The van der Waals surface area contributed by atoms with Gasteiger partial charge in [-0.25, -0.2) is 0 Å². The summed E-state index contributed by atoms with van der Waals surface area (Å²) in [4.78, 5) is 0. The number of benzene rings is 1. The van der Waals surface area contributed by atoms with Gasteiger partial charge in [0.15, 0.2) is 0 Å². The predicted molar refractivity (Wildman–Crippen MR) is 76.5 cm³/mol. The molecule has 1 heterocycles. The Morgan fingerprint density at radius 1 is 1.26 bits per heavy atom. The molecule has 4 heteroatoms. The fourth-order valence-electron chi connectivity index (χ4n) is 1.77. The molecule has 0 fully saturated rings. The van der Waals surface area contributed by atoms with E-state index in [9.17, 15) is 0 Å². The average Bonchev–Trinajstić information content (AvgIpc) is 2.91. The van der Waals surface area contributed by atoms with E-state index in [2.05, 4.69) is 12.2 Å². The van der Waals surface area contributed by atoms with Crippen molar-refractivity contribution in [2.24, 2.45) is 0 Å². The van der Waals surface area contributed by atoms with Gasteiger partial charge in [0.05, 0.1) is 19.4 Å². The molecule has 1 aromatic heterocycles. The van der Waals surface area contributed by atoms with Crippen LogP contribution >= 0.6 is 11.6 Å². The molecule has 0 spiro atoms. The van der Waals surface area contributed by atoms with Crippen LogP contribution in [-0.4, -0.2) is 6.61 Å². The van der Waals surface area contributed by atoms with Crippen molar-refractivity contribution in [1.29, 1.82) is 0 Å². The minimum absolute atomic E-state index is 0.687. The zero-order valence-corrected chi connectivity index (χ0v) is 11.7. The van der Waals surface area contributed by atoms with Crippen LogP contribution in [0.15, 0.2) is 41.0 Å². The van der Waals surface area contributed by atoms with Crippen molar-refractivity contribution in [1.82, 2.24) is 5.32 Å². The molecule has 0 atom stereocenters. The van der Waals surface area contributed by atoms with Gasteiger partial charge in [-0.3, -0.25) is 0 Å². The molecule has 0 unspecified atom stereocenters. The van der Waals surface area contributed by atoms with Gasteiger partial charge in [-0.05, 0) is 36.8 Å². The molecule has 0 radical (unpaired) electrons. The maximum atomic E-state index is 6.03. The summed E-state index contributed by atoms with van der Waals surface area (Å²) in [7, 11) is 0. The fraction of sp³-hybridized carbons (Fsp3) is 0.333. The second-order valence-electron chi connectivity index (χ2n) is 4.28. The monoisotopic (exact) mass is 279 g/mol. The van der Waals surface area contributed by atoms with Crippen LogP contribution in [-0.2, 0) is 13.1 Å². The average molecular weight is 280 g/mol. The molecular formula is C15H18ClNO2. The van der Waals surface area contributed by atoms with Gasteiger partial charge in [-0.2, -0.15) is 0 Å². The number of halogens is 1. The molecule has 3 nitrogen and oxygen atoms in total. The molecule has 19 heavy (non-hydrogen) atoms. The Labute approximate surface area is 118 Å². The van der Waals surface area contributed by atoms with Gasteiger partial charge in [0.1, 0.15) is 11.5 Å². The fourth-order valence-corrected chi connectivity index (χ4v) is 1.97. The summed E-state index contributed by atoms with van der Waals surface area (Å²) >= 11 is 6.03. The third-order valence-electron chi connectivity index (χ3n) is 2.68. The van der Waals surface area contributed by atoms with Gasteiger partial charge in [0, 0.05) is 17.1 Å². The van der Waals surface area contributed by atoms with Crippen molar-refractivity contribution in [3.63, 3.8) is 0 Å². The second kappa shape index (κ2) is 7.22. The van der Waals surface area contributed by atoms with Crippen molar-refractivity contribution < 1.29 is 9.15 Å². The quantitative estimate of drug-likeness (QED) is 0.831. The smallest absolute Gasteiger partial charge is 0.123 e. The van der Waals surface area contributed by atoms with Gasteiger partial charge in [0.2, 0.25) is 0 Å². The van der Waals surface area contributed by atoms with E-state index in [0.717, 1.165) is 28.5 Å². The first-order valence-corrected chi connectivity index (χ1v) is 6.81. The molecule has 0 bridgehead atoms. The van der Waals surface area contributed by atoms with Gasteiger partial charge >= 0.3 is 0 Å². The molecular weight excluding hydrogens is 262 g/mol. The van der Waals surface area contributed by atoms with Crippen LogP contribution in [0.2, 0.25) is 5.02 Å². The number of nitrogens with one attached hydrogen (secondary N) is 1. The normalized spacial score (nSPS) is 10.6. The van der Waals surface area contributed by atoms with Crippen LogP contribution in [0.4, 0.5) is 0 Å². The highest BCUT2D eigenvalue weighted by Crippen LogP contribution is 2.23. The maximum absolute atomic E-state index is 6.03. The summed E-state index contributed by atoms with van der Waals surface area (Å²) in [5.74, 6) is 1.80. The molecule has 0 aliphatic rings. The Balaban J connectivity index is 1.95. The molecule has 0 amide bonds. The molecule has 0 aliphatic carbocycles. The van der Waals surface area contributed by atoms with E-state index in [1.54, 1.807) is 6.26 Å². The first-order chi connectivity index (χ1) is 9.29. The minimum Gasteiger partial charge on any atom is -0.493 e. The van der Waals surface area contributed by atoms with Crippen LogP contribution in [0, 0.1) is 0 Å². The van der Waals surface area contributed by atoms with Crippen molar-refractivity contribution in [3.8, 4) is 5.75 Å². The van der Waals surface area contributed by atoms with Gasteiger partial charge in [0.25, 0.3) is 0 Å². The van der Waals surface area contributed by atoms with E-state index in [1.807, 2.05) is 30.3 Å². The lowest BCUT2D eigenvalue weighted by molar-refractivity contribution is 0.313. The summed E-state index contributed by atoms with van der Waals surface area (Å²) in [6, 6.07) is 9.53. The number of hydrogen-bond acceptors (Lipinski definition) is 3. The molecule has 102 valence electrons. The van der Waals surface area contributed by atoms with E-state index in [0.29, 0.717) is 19.7 Å². The van der Waals surface area contributed by atoms with Crippen molar-refractivity contribution >= 4 is 11.6 Å². The maximum Gasteiger partial charge on any atom is 0.123 e.